The van der Waals surface area contributed by atoms with Crippen molar-refractivity contribution in [1.82, 2.24) is 4.83 Å². The van der Waals surface area contributed by atoms with Crippen LogP contribution >= 0.6 is 0 Å². The van der Waals surface area contributed by atoms with Crippen LogP contribution in [0.1, 0.15) is 0 Å². The lowest BCUT2D eigenvalue weighted by Gasteiger charge is -2.05. The number of nitrogen functional groups attached to an aromatic ring is 1. The summed E-state index contributed by atoms with van der Waals surface area (Å²) in [5, 5.41) is 10.3. The lowest BCUT2D eigenvalue weighted by atomic mass is 10.3. The van der Waals surface area contributed by atoms with E-state index in [-0.39, 0.29) is 16.3 Å². The smallest absolute Gasteiger partial charge is 0.242 e. The molecule has 0 atom stereocenters. The number of aromatic hydroxyl groups is 1. The number of phenols is 1. The van der Waals surface area contributed by atoms with Crippen LogP contribution in [-0.2, 0) is 10.0 Å². The van der Waals surface area contributed by atoms with Gasteiger partial charge in [0.05, 0.1) is 10.6 Å². The van der Waals surface area contributed by atoms with E-state index in [4.69, 9.17) is 16.4 Å². The van der Waals surface area contributed by atoms with Crippen molar-refractivity contribution in [2.75, 3.05) is 5.73 Å². The van der Waals surface area contributed by atoms with Crippen LogP contribution in [-0.4, -0.2) is 13.5 Å². The van der Waals surface area contributed by atoms with Gasteiger partial charge in [0.1, 0.15) is 5.75 Å². The Hall–Kier alpha value is -1.83. The first-order valence-electron chi connectivity index (χ1n) is 3.47. The van der Waals surface area contributed by atoms with Crippen molar-refractivity contribution in [3.63, 3.8) is 0 Å². The van der Waals surface area contributed by atoms with E-state index in [0.29, 0.717) is 0 Å². The molecule has 0 heterocycles. The molecule has 1 rings (SSSR count). The quantitative estimate of drug-likeness (QED) is 0.207. The summed E-state index contributed by atoms with van der Waals surface area (Å²) in [7, 11) is -3.85. The molecule has 0 aliphatic heterocycles. The molecule has 0 spiro atoms. The molecule has 0 amide bonds. The predicted octanol–water partition coefficient (Wildman–Crippen LogP) is -1.73. The largest absolute Gasteiger partial charge is 0.506 e. The van der Waals surface area contributed by atoms with Crippen molar-refractivity contribution in [2.24, 2.45) is 0 Å². The van der Waals surface area contributed by atoms with E-state index >= 15 is 0 Å². The van der Waals surface area contributed by atoms with Crippen LogP contribution in [0.15, 0.2) is 23.1 Å². The highest BCUT2D eigenvalue weighted by Crippen LogP contribution is 2.22. The van der Waals surface area contributed by atoms with Crippen LogP contribution < -0.4 is 15.8 Å². The van der Waals surface area contributed by atoms with E-state index in [1.165, 1.54) is 5.22 Å². The first-order chi connectivity index (χ1) is 6.47. The van der Waals surface area contributed by atoms with Gasteiger partial charge in [0.2, 0.25) is 10.0 Å². The summed E-state index contributed by atoms with van der Waals surface area (Å²) in [6.07, 6.45) is 0. The van der Waals surface area contributed by atoms with E-state index in [2.05, 4.69) is 0 Å². The highest BCUT2D eigenvalue weighted by Gasteiger charge is 2.12. The molecule has 1 aromatic carbocycles. The maximum absolute atomic E-state index is 11.2. The van der Waals surface area contributed by atoms with Crippen LogP contribution in [0.5, 0.6) is 5.75 Å². The van der Waals surface area contributed by atoms with Gasteiger partial charge < -0.3 is 10.8 Å². The zero-order chi connectivity index (χ0) is 10.8. The Morgan fingerprint density at radius 1 is 1.50 bits per heavy atom. The molecular weight excluding hydrogens is 208 g/mol. The minimum absolute atomic E-state index is 0.0641. The molecule has 1 aromatic rings. The second-order valence-electron chi connectivity index (χ2n) is 2.44. The highest BCUT2D eigenvalue weighted by atomic mass is 32.2. The summed E-state index contributed by atoms with van der Waals surface area (Å²) in [4.78, 5) is 1.45. The van der Waals surface area contributed by atoms with Gasteiger partial charge in [-0.15, -0.1) is 0 Å². The minimum Gasteiger partial charge on any atom is -0.506 e. The van der Waals surface area contributed by atoms with E-state index in [1.807, 2.05) is 0 Å². The molecule has 0 fully saturated rings. The lowest BCUT2D eigenvalue weighted by Crippen LogP contribution is -2.76. The van der Waals surface area contributed by atoms with Crippen molar-refractivity contribution >= 4 is 15.7 Å². The predicted molar refractivity (Wildman–Crippen MR) is 47.2 cm³/mol. The molecule has 76 valence electrons. The molecule has 0 aromatic heterocycles. The van der Waals surface area contributed by atoms with Gasteiger partial charge in [-0.2, -0.15) is 15.6 Å². The third kappa shape index (κ3) is 1.91. The molecular formula is C6H8N4O3S. The highest BCUT2D eigenvalue weighted by molar-refractivity contribution is 7.89. The topological polar surface area (TPSA) is 129 Å². The summed E-state index contributed by atoms with van der Waals surface area (Å²) in [6, 6.07) is 3.35. The molecule has 0 aliphatic carbocycles. The Kier molecular flexibility index (Phi) is 2.56. The fraction of sp³-hybridized carbons (Fsp3) is 0. The zero-order valence-electron chi connectivity index (χ0n) is 6.93. The molecule has 0 aliphatic rings. The first-order valence-corrected chi connectivity index (χ1v) is 4.95. The van der Waals surface area contributed by atoms with Crippen LogP contribution in [0.25, 0.3) is 5.53 Å². The lowest BCUT2D eigenvalue weighted by molar-refractivity contribution is -0.521. The summed E-state index contributed by atoms with van der Waals surface area (Å²) in [5.41, 5.74) is 13.4. The molecule has 0 saturated carbocycles. The molecule has 0 saturated heterocycles. The van der Waals surface area contributed by atoms with Crippen LogP contribution in [0, 0.1) is 0 Å². The van der Waals surface area contributed by atoms with Gasteiger partial charge in [0.25, 0.3) is 0 Å². The van der Waals surface area contributed by atoms with Gasteiger partial charge in [-0.25, -0.2) is 8.42 Å². The van der Waals surface area contributed by atoms with Crippen molar-refractivity contribution < 1.29 is 18.7 Å². The van der Waals surface area contributed by atoms with Gasteiger partial charge in [0.15, 0.2) is 0 Å². The van der Waals surface area contributed by atoms with Gasteiger partial charge in [-0.1, -0.05) is 0 Å². The molecule has 5 N–H and O–H groups in total. The van der Waals surface area contributed by atoms with Gasteiger partial charge in [0, 0.05) is 0 Å². The maximum Gasteiger partial charge on any atom is 0.242 e. The second-order valence-corrected chi connectivity index (χ2v) is 4.12. The van der Waals surface area contributed by atoms with Gasteiger partial charge in [-0.3, -0.25) is 0 Å². The van der Waals surface area contributed by atoms with Crippen LogP contribution in [0.2, 0.25) is 0 Å². The number of nitrogens with two attached hydrogens (primary N) is 1. The second kappa shape index (κ2) is 3.50. The number of nitrogens with zero attached hydrogens (tertiary/aromatic N) is 1. The third-order valence-corrected chi connectivity index (χ3v) is 2.72. The van der Waals surface area contributed by atoms with Gasteiger partial charge in [-0.05, 0) is 18.2 Å². The number of hydrogen-bond donors (Lipinski definition) is 4. The Labute approximate surface area is 80.1 Å². The molecule has 0 bridgehead atoms. The van der Waals surface area contributed by atoms with Crippen LogP contribution in [0.3, 0.4) is 0 Å². The first kappa shape index (κ1) is 10.3. The van der Waals surface area contributed by atoms with Crippen molar-refractivity contribution in [1.29, 1.82) is 0 Å². The normalized spacial score (nSPS) is 10.9. The third-order valence-electron chi connectivity index (χ3n) is 1.49. The van der Waals surface area contributed by atoms with E-state index in [1.54, 1.807) is 4.83 Å². The molecule has 8 heteroatoms. The number of hydrazine groups is 1. The average molecular weight is 216 g/mol. The number of phenolic OH excluding ortho intramolecular Hbond substituents is 1. The summed E-state index contributed by atoms with van der Waals surface area (Å²) < 4.78 is 22.4. The Balaban J connectivity index is 3.21. The Morgan fingerprint density at radius 3 is 2.64 bits per heavy atom. The molecule has 0 unspecified atom stereocenters. The minimum atomic E-state index is -3.85. The average Bonchev–Trinajstić information content (AvgIpc) is 2.09. The molecule has 7 nitrogen and oxygen atoms in total. The standard InChI is InChI=1S/C6H8N4O3S/c7-5-3-4(1-2-6(5)11)14(12,13)10-9-8/h1-3,9H,7H2,(H2-,8,10,11). The maximum atomic E-state index is 11.2. The monoisotopic (exact) mass is 216 g/mol. The number of rotatable bonds is 3. The summed E-state index contributed by atoms with van der Waals surface area (Å²) >= 11 is 0. The summed E-state index contributed by atoms with van der Waals surface area (Å²) in [6.45, 7) is 0. The van der Waals surface area contributed by atoms with E-state index in [0.717, 1.165) is 18.2 Å². The fourth-order valence-corrected chi connectivity index (χ4v) is 1.59. The number of nitrogens with one attached hydrogen (secondary N) is 2. The van der Waals surface area contributed by atoms with Crippen molar-refractivity contribution in [3.05, 3.63) is 23.7 Å². The van der Waals surface area contributed by atoms with E-state index < -0.39 is 10.0 Å². The molecule has 14 heavy (non-hydrogen) atoms. The van der Waals surface area contributed by atoms with Crippen molar-refractivity contribution in [3.8, 4) is 5.75 Å². The van der Waals surface area contributed by atoms with Crippen molar-refractivity contribution in [2.45, 2.75) is 4.90 Å². The molecule has 0 radical (unpaired) electrons. The van der Waals surface area contributed by atoms with Crippen LogP contribution in [0.4, 0.5) is 5.69 Å². The van der Waals surface area contributed by atoms with E-state index in [9.17, 15) is 8.42 Å². The number of sulfonamides is 1. The Bertz CT molecular complexity index is 456. The summed E-state index contributed by atoms with van der Waals surface area (Å²) in [5.74, 6) is -0.207. The number of benzene rings is 1. The fourth-order valence-electron chi connectivity index (χ4n) is 0.819. The number of anilines is 1. The SMILES string of the molecule is [N-]=[NH+]NS(=O)(=O)c1ccc(O)c(N)c1. The number of hydrogen-bond acceptors (Lipinski definition) is 4. The zero-order valence-corrected chi connectivity index (χ0v) is 7.75. The Morgan fingerprint density at radius 2 is 2.14 bits per heavy atom. The van der Waals surface area contributed by atoms with Gasteiger partial charge >= 0.3 is 0 Å².